The number of benzene rings is 1. The zero-order valence-corrected chi connectivity index (χ0v) is 18.8. The Bertz CT molecular complexity index is 1100. The molecule has 30 heavy (non-hydrogen) atoms. The molecule has 0 aliphatic heterocycles. The number of imidazole rings is 1. The van der Waals surface area contributed by atoms with E-state index in [0.29, 0.717) is 18.0 Å². The number of aromatic nitrogens is 2. The fourth-order valence-corrected chi connectivity index (χ4v) is 5.91. The van der Waals surface area contributed by atoms with Gasteiger partial charge < -0.3 is 9.30 Å². The van der Waals surface area contributed by atoms with Crippen molar-refractivity contribution in [1.29, 1.82) is 0 Å². The summed E-state index contributed by atoms with van der Waals surface area (Å²) >= 11 is 1.19. The second-order valence-electron chi connectivity index (χ2n) is 7.27. The third-order valence-electron chi connectivity index (χ3n) is 4.26. The summed E-state index contributed by atoms with van der Waals surface area (Å²) in [6.07, 6.45) is 5.10. The highest BCUT2D eigenvalue weighted by Crippen LogP contribution is 2.36. The van der Waals surface area contributed by atoms with Gasteiger partial charge in [-0.05, 0) is 42.5 Å². The maximum atomic E-state index is 12.9. The average molecular weight is 448 g/mol. The van der Waals surface area contributed by atoms with Crippen LogP contribution < -0.4 is 4.72 Å². The van der Waals surface area contributed by atoms with Crippen LogP contribution in [0.25, 0.3) is 11.1 Å². The van der Waals surface area contributed by atoms with Crippen LogP contribution in [0.1, 0.15) is 31.2 Å². The van der Waals surface area contributed by atoms with Crippen molar-refractivity contribution in [2.24, 2.45) is 5.92 Å². The first-order valence-corrected chi connectivity index (χ1v) is 12.0. The number of nitrogens with one attached hydrogen (secondary N) is 1. The lowest BCUT2D eigenvalue weighted by molar-refractivity contribution is 0.158. The van der Waals surface area contributed by atoms with Crippen LogP contribution in [0, 0.1) is 5.92 Å². The number of amides is 1. The van der Waals surface area contributed by atoms with E-state index < -0.39 is 16.1 Å². The molecule has 0 atom stereocenters. The predicted molar refractivity (Wildman–Crippen MR) is 117 cm³/mol. The van der Waals surface area contributed by atoms with Crippen molar-refractivity contribution in [2.75, 3.05) is 6.61 Å². The Balaban J connectivity index is 2.01. The second-order valence-corrected chi connectivity index (χ2v) is 10.3. The van der Waals surface area contributed by atoms with Gasteiger partial charge in [0.05, 0.1) is 12.9 Å². The van der Waals surface area contributed by atoms with Gasteiger partial charge in [0.25, 0.3) is 10.0 Å². The zero-order chi connectivity index (χ0) is 21.7. The van der Waals surface area contributed by atoms with Crippen LogP contribution in [0.4, 0.5) is 4.79 Å². The number of carbonyl (C=O) groups is 1. The summed E-state index contributed by atoms with van der Waals surface area (Å²) < 4.78 is 34.7. The summed E-state index contributed by atoms with van der Waals surface area (Å²) in [5, 5.41) is 0. The van der Waals surface area contributed by atoms with Crippen molar-refractivity contribution in [2.45, 2.75) is 37.9 Å². The van der Waals surface area contributed by atoms with E-state index in [1.54, 1.807) is 19.4 Å². The Kier molecular flexibility index (Phi) is 6.94. The lowest BCUT2D eigenvalue weighted by Crippen LogP contribution is -2.30. The Morgan fingerprint density at radius 3 is 2.77 bits per heavy atom. The average Bonchev–Trinajstić information content (AvgIpc) is 3.31. The smallest absolute Gasteiger partial charge is 0.421 e. The minimum absolute atomic E-state index is 0.0908. The summed E-state index contributed by atoms with van der Waals surface area (Å²) in [6, 6.07) is 9.62. The van der Waals surface area contributed by atoms with Gasteiger partial charge in [0.1, 0.15) is 4.21 Å². The molecule has 1 amide bonds. The van der Waals surface area contributed by atoms with E-state index in [2.05, 4.69) is 18.8 Å². The van der Waals surface area contributed by atoms with E-state index in [1.807, 2.05) is 45.8 Å². The van der Waals surface area contributed by atoms with Gasteiger partial charge in [0, 0.05) is 29.4 Å². The van der Waals surface area contributed by atoms with Crippen molar-refractivity contribution in [3.63, 3.8) is 0 Å². The quantitative estimate of drug-likeness (QED) is 0.556. The topological polar surface area (TPSA) is 90.3 Å². The summed E-state index contributed by atoms with van der Waals surface area (Å²) in [4.78, 5) is 16.8. The molecule has 0 unspecified atom stereocenters. The Morgan fingerprint density at radius 1 is 1.30 bits per heavy atom. The van der Waals surface area contributed by atoms with Crippen molar-refractivity contribution >= 4 is 27.5 Å². The van der Waals surface area contributed by atoms with E-state index in [1.165, 1.54) is 11.3 Å². The first kappa shape index (κ1) is 22.0. The SMILES string of the molecule is CCOC(=O)NS(=O)(=O)c1sc(CC(C)C)cc1-c1cccc(Cn2ccnc2)c1. The number of thiophene rings is 1. The first-order chi connectivity index (χ1) is 14.3. The van der Waals surface area contributed by atoms with E-state index in [4.69, 9.17) is 4.74 Å². The molecule has 0 aliphatic rings. The van der Waals surface area contributed by atoms with Crippen molar-refractivity contribution in [1.82, 2.24) is 14.3 Å². The van der Waals surface area contributed by atoms with E-state index in [9.17, 15) is 13.2 Å². The molecule has 3 rings (SSSR count). The minimum atomic E-state index is -4.06. The number of nitrogens with zero attached hydrogens (tertiary/aromatic N) is 2. The van der Waals surface area contributed by atoms with Gasteiger partial charge in [-0.1, -0.05) is 32.0 Å². The van der Waals surface area contributed by atoms with Crippen molar-refractivity contribution < 1.29 is 17.9 Å². The molecule has 0 fully saturated rings. The molecule has 0 radical (unpaired) electrons. The molecule has 0 bridgehead atoms. The molecule has 2 aromatic heterocycles. The summed E-state index contributed by atoms with van der Waals surface area (Å²) in [6.45, 7) is 6.50. The minimum Gasteiger partial charge on any atom is -0.449 e. The van der Waals surface area contributed by atoms with Crippen LogP contribution in [-0.2, 0) is 27.7 Å². The van der Waals surface area contributed by atoms with Crippen LogP contribution in [0.3, 0.4) is 0 Å². The summed E-state index contributed by atoms with van der Waals surface area (Å²) in [5.74, 6) is 0.373. The lowest BCUT2D eigenvalue weighted by Gasteiger charge is -2.09. The van der Waals surface area contributed by atoms with Gasteiger partial charge in [-0.15, -0.1) is 11.3 Å². The van der Waals surface area contributed by atoms with Gasteiger partial charge in [0.15, 0.2) is 0 Å². The predicted octanol–water partition coefficient (Wildman–Crippen LogP) is 4.29. The molecule has 0 aliphatic carbocycles. The normalized spacial score (nSPS) is 11.6. The molecule has 1 N–H and O–H groups in total. The number of hydrogen-bond acceptors (Lipinski definition) is 6. The number of hydrogen-bond donors (Lipinski definition) is 1. The van der Waals surface area contributed by atoms with Crippen molar-refractivity contribution in [3.05, 3.63) is 59.5 Å². The van der Waals surface area contributed by atoms with Crippen LogP contribution in [0.5, 0.6) is 0 Å². The van der Waals surface area contributed by atoms with Crippen LogP contribution >= 0.6 is 11.3 Å². The van der Waals surface area contributed by atoms with Crippen molar-refractivity contribution in [3.8, 4) is 11.1 Å². The number of rotatable bonds is 8. The Labute approximate surface area is 180 Å². The highest BCUT2D eigenvalue weighted by Gasteiger charge is 2.26. The number of sulfonamides is 1. The van der Waals surface area contributed by atoms with E-state index in [-0.39, 0.29) is 10.8 Å². The zero-order valence-electron chi connectivity index (χ0n) is 17.2. The lowest BCUT2D eigenvalue weighted by atomic mass is 10.0. The van der Waals surface area contributed by atoms with Gasteiger partial charge in [-0.2, -0.15) is 0 Å². The molecule has 2 heterocycles. The molecular formula is C21H25N3O4S2. The third kappa shape index (κ3) is 5.48. The molecule has 160 valence electrons. The monoisotopic (exact) mass is 447 g/mol. The molecule has 0 saturated heterocycles. The fourth-order valence-electron chi connectivity index (χ4n) is 3.07. The van der Waals surface area contributed by atoms with Gasteiger partial charge in [-0.25, -0.2) is 22.9 Å². The van der Waals surface area contributed by atoms with E-state index in [0.717, 1.165) is 22.4 Å². The Morgan fingerprint density at radius 2 is 2.10 bits per heavy atom. The van der Waals surface area contributed by atoms with E-state index >= 15 is 0 Å². The molecule has 1 aromatic carbocycles. The Hall–Kier alpha value is -2.65. The molecule has 7 nitrogen and oxygen atoms in total. The second kappa shape index (κ2) is 9.44. The van der Waals surface area contributed by atoms with Gasteiger partial charge in [0.2, 0.25) is 0 Å². The molecular weight excluding hydrogens is 422 g/mol. The number of ether oxygens (including phenoxy) is 1. The highest BCUT2D eigenvalue weighted by molar-refractivity contribution is 7.92. The van der Waals surface area contributed by atoms with Crippen LogP contribution in [-0.4, -0.2) is 30.7 Å². The molecule has 0 saturated carbocycles. The molecule has 9 heteroatoms. The molecule has 3 aromatic rings. The van der Waals surface area contributed by atoms with Crippen LogP contribution in [0.15, 0.2) is 53.3 Å². The van der Waals surface area contributed by atoms with Gasteiger partial charge >= 0.3 is 6.09 Å². The third-order valence-corrected chi connectivity index (χ3v) is 7.26. The maximum Gasteiger partial charge on any atom is 0.421 e. The summed E-state index contributed by atoms with van der Waals surface area (Å²) in [7, 11) is -4.06. The maximum absolute atomic E-state index is 12.9. The molecule has 0 spiro atoms. The van der Waals surface area contributed by atoms with Gasteiger partial charge in [-0.3, -0.25) is 0 Å². The largest absolute Gasteiger partial charge is 0.449 e. The fraction of sp³-hybridized carbons (Fsp3) is 0.333. The highest BCUT2D eigenvalue weighted by atomic mass is 32.2. The van der Waals surface area contributed by atoms with Crippen LogP contribution in [0.2, 0.25) is 0 Å². The summed E-state index contributed by atoms with van der Waals surface area (Å²) in [5.41, 5.74) is 2.38. The number of carbonyl (C=O) groups excluding carboxylic acids is 1. The standard InChI is InChI=1S/C21H25N3O4S2/c1-4-28-21(25)23-30(26,27)20-19(12-18(29-20)10-15(2)3)17-7-5-6-16(11-17)13-24-9-8-22-14-24/h5-9,11-12,14-15H,4,10,13H2,1-3H3,(H,23,25). The first-order valence-electron chi connectivity index (χ1n) is 9.65.